The van der Waals surface area contributed by atoms with E-state index in [1.807, 2.05) is 4.57 Å². The number of imidazole rings is 2. The molecule has 0 bridgehead atoms. The molecule has 4 N–H and O–H groups in total. The van der Waals surface area contributed by atoms with Crippen molar-refractivity contribution in [3.05, 3.63) is 24.0 Å². The van der Waals surface area contributed by atoms with E-state index in [1.165, 1.54) is 0 Å². The molecule has 1 amide bonds. The van der Waals surface area contributed by atoms with Gasteiger partial charge in [-0.05, 0) is 37.3 Å². The van der Waals surface area contributed by atoms with Gasteiger partial charge < -0.3 is 15.3 Å². The highest BCUT2D eigenvalue weighted by Crippen LogP contribution is 2.34. The van der Waals surface area contributed by atoms with E-state index in [0.29, 0.717) is 17.1 Å². The molecule has 0 radical (unpaired) electrons. The Labute approximate surface area is 148 Å². The van der Waals surface area contributed by atoms with E-state index < -0.39 is 0 Å². The first-order valence-electron chi connectivity index (χ1n) is 8.07. The Morgan fingerprint density at radius 2 is 2.08 bits per heavy atom. The predicted octanol–water partition coefficient (Wildman–Crippen LogP) is 2.16. The van der Waals surface area contributed by atoms with E-state index in [9.17, 15) is 4.79 Å². The maximum Gasteiger partial charge on any atom is 0.229 e. The fourth-order valence-corrected chi connectivity index (χ4v) is 3.52. The van der Waals surface area contributed by atoms with Crippen molar-refractivity contribution in [3.8, 4) is 0 Å². The highest BCUT2D eigenvalue weighted by Gasteiger charge is 2.28. The van der Waals surface area contributed by atoms with Crippen LogP contribution in [0.5, 0.6) is 0 Å². The molecule has 130 valence electrons. The summed E-state index contributed by atoms with van der Waals surface area (Å²) in [6.45, 7) is 0. The first-order chi connectivity index (χ1) is 12.1. The lowest BCUT2D eigenvalue weighted by Gasteiger charge is -2.28. The molecule has 1 aliphatic rings. The molecule has 10 heteroatoms. The number of rotatable bonds is 3. The van der Waals surface area contributed by atoms with Crippen LogP contribution in [0.4, 0.5) is 11.8 Å². The molecule has 9 nitrogen and oxygen atoms in total. The van der Waals surface area contributed by atoms with Gasteiger partial charge in [-0.25, -0.2) is 9.97 Å². The number of nitrogens with two attached hydrogens (primary N) is 1. The number of nitrogens with one attached hydrogen (secondary N) is 2. The number of anilines is 2. The SMILES string of the molecule is Nc1nc(Cl)nc2c1ncn2[C@H]1CC[C@@H](C(=O)Nc2ncc[nH]2)CC1. The van der Waals surface area contributed by atoms with E-state index in [2.05, 4.69) is 30.2 Å². The Kier molecular flexibility index (Phi) is 4.00. The van der Waals surface area contributed by atoms with Crippen LogP contribution >= 0.6 is 11.6 Å². The molecule has 1 fully saturated rings. The molecule has 1 saturated carbocycles. The second-order valence-corrected chi connectivity index (χ2v) is 6.47. The Balaban J connectivity index is 1.46. The zero-order valence-electron chi connectivity index (χ0n) is 13.3. The lowest BCUT2D eigenvalue weighted by Crippen LogP contribution is -2.28. The number of amides is 1. The Hall–Kier alpha value is -2.68. The summed E-state index contributed by atoms with van der Waals surface area (Å²) >= 11 is 5.92. The van der Waals surface area contributed by atoms with Gasteiger partial charge in [-0.15, -0.1) is 0 Å². The number of hydrogen-bond donors (Lipinski definition) is 3. The standard InChI is InChI=1S/C15H17ClN8O/c16-14-21-11(17)10-12(22-14)24(7-20-10)9-3-1-8(2-4-9)13(25)23-15-18-5-6-19-15/h5-9H,1-4H2,(H2,17,21,22)(H2,18,19,23,25)/t8-,9+. The summed E-state index contributed by atoms with van der Waals surface area (Å²) in [6, 6.07) is 0.211. The van der Waals surface area contributed by atoms with E-state index in [1.54, 1.807) is 18.7 Å². The topological polar surface area (TPSA) is 127 Å². The van der Waals surface area contributed by atoms with Crippen LogP contribution in [0.15, 0.2) is 18.7 Å². The first kappa shape index (κ1) is 15.8. The van der Waals surface area contributed by atoms with Crippen LogP contribution in [0.1, 0.15) is 31.7 Å². The second kappa shape index (κ2) is 6.32. The largest absolute Gasteiger partial charge is 0.382 e. The molecule has 0 saturated heterocycles. The number of aromatic nitrogens is 6. The number of nitrogen functional groups attached to an aromatic ring is 1. The summed E-state index contributed by atoms with van der Waals surface area (Å²) in [5, 5.41) is 2.92. The van der Waals surface area contributed by atoms with Crippen molar-refractivity contribution in [2.24, 2.45) is 5.92 Å². The van der Waals surface area contributed by atoms with Gasteiger partial charge in [0.15, 0.2) is 11.5 Å². The van der Waals surface area contributed by atoms with Crippen LogP contribution in [-0.4, -0.2) is 35.4 Å². The Bertz CT molecular complexity index is 898. The maximum atomic E-state index is 12.3. The molecule has 0 unspecified atom stereocenters. The third-order valence-electron chi connectivity index (χ3n) is 4.62. The monoisotopic (exact) mass is 360 g/mol. The number of nitrogens with zero attached hydrogens (tertiary/aromatic N) is 5. The summed E-state index contributed by atoms with van der Waals surface area (Å²) < 4.78 is 1.99. The van der Waals surface area contributed by atoms with Crippen LogP contribution < -0.4 is 11.1 Å². The highest BCUT2D eigenvalue weighted by molar-refractivity contribution is 6.28. The second-order valence-electron chi connectivity index (χ2n) is 6.13. The zero-order chi connectivity index (χ0) is 17.4. The molecule has 25 heavy (non-hydrogen) atoms. The summed E-state index contributed by atoms with van der Waals surface area (Å²) in [5.41, 5.74) is 7.05. The van der Waals surface area contributed by atoms with Gasteiger partial charge in [0.2, 0.25) is 17.1 Å². The molecule has 3 aromatic heterocycles. The van der Waals surface area contributed by atoms with Gasteiger partial charge in [-0.3, -0.25) is 10.1 Å². The van der Waals surface area contributed by atoms with Gasteiger partial charge in [-0.2, -0.15) is 9.97 Å². The maximum absolute atomic E-state index is 12.3. The number of fused-ring (bicyclic) bond motifs is 1. The number of carbonyl (C=O) groups excluding carboxylic acids is 1. The quantitative estimate of drug-likeness (QED) is 0.614. The number of carbonyl (C=O) groups is 1. The molecule has 0 aromatic carbocycles. The lowest BCUT2D eigenvalue weighted by molar-refractivity contribution is -0.121. The molecule has 3 aromatic rings. The summed E-state index contributed by atoms with van der Waals surface area (Å²) in [6.07, 6.45) is 8.27. The van der Waals surface area contributed by atoms with Crippen LogP contribution in [0, 0.1) is 5.92 Å². The van der Waals surface area contributed by atoms with E-state index in [0.717, 1.165) is 25.7 Å². The number of halogens is 1. The summed E-state index contributed by atoms with van der Waals surface area (Å²) in [7, 11) is 0. The average molecular weight is 361 g/mol. The smallest absolute Gasteiger partial charge is 0.229 e. The van der Waals surface area contributed by atoms with Crippen molar-refractivity contribution in [1.29, 1.82) is 0 Å². The van der Waals surface area contributed by atoms with Gasteiger partial charge in [0.1, 0.15) is 5.52 Å². The van der Waals surface area contributed by atoms with Gasteiger partial charge in [0.05, 0.1) is 6.33 Å². The molecule has 3 heterocycles. The van der Waals surface area contributed by atoms with Crippen LogP contribution in [-0.2, 0) is 4.79 Å². The molecular weight excluding hydrogens is 344 g/mol. The Morgan fingerprint density at radius 1 is 1.28 bits per heavy atom. The van der Waals surface area contributed by atoms with Crippen LogP contribution in [0.3, 0.4) is 0 Å². The van der Waals surface area contributed by atoms with Crippen molar-refractivity contribution < 1.29 is 4.79 Å². The number of hydrogen-bond acceptors (Lipinski definition) is 6. The first-order valence-corrected chi connectivity index (χ1v) is 8.45. The highest BCUT2D eigenvalue weighted by atomic mass is 35.5. The minimum atomic E-state index is -0.0283. The van der Waals surface area contributed by atoms with Crippen LogP contribution in [0.2, 0.25) is 5.28 Å². The van der Waals surface area contributed by atoms with Crippen molar-refractivity contribution in [2.75, 3.05) is 11.1 Å². The summed E-state index contributed by atoms with van der Waals surface area (Å²) in [4.78, 5) is 31.7. The van der Waals surface area contributed by atoms with Crippen molar-refractivity contribution >= 4 is 40.4 Å². The fraction of sp³-hybridized carbons (Fsp3) is 0.400. The Morgan fingerprint density at radius 3 is 2.80 bits per heavy atom. The van der Waals surface area contributed by atoms with Crippen molar-refractivity contribution in [1.82, 2.24) is 29.5 Å². The minimum absolute atomic E-state index is 0.00139. The number of H-pyrrole nitrogens is 1. The molecule has 1 aliphatic carbocycles. The van der Waals surface area contributed by atoms with Crippen molar-refractivity contribution in [2.45, 2.75) is 31.7 Å². The fourth-order valence-electron chi connectivity index (χ4n) is 3.35. The molecular formula is C15H17ClN8O. The average Bonchev–Trinajstić information content (AvgIpc) is 3.24. The molecule has 0 spiro atoms. The summed E-state index contributed by atoms with van der Waals surface area (Å²) in [5.74, 6) is 0.729. The molecule has 0 atom stereocenters. The van der Waals surface area contributed by atoms with E-state index in [-0.39, 0.29) is 29.0 Å². The normalized spacial score (nSPS) is 20.7. The minimum Gasteiger partial charge on any atom is -0.382 e. The van der Waals surface area contributed by atoms with E-state index in [4.69, 9.17) is 17.3 Å². The van der Waals surface area contributed by atoms with E-state index >= 15 is 0 Å². The molecule has 4 rings (SSSR count). The van der Waals surface area contributed by atoms with Gasteiger partial charge in [0.25, 0.3) is 0 Å². The van der Waals surface area contributed by atoms with Crippen LogP contribution in [0.25, 0.3) is 11.2 Å². The van der Waals surface area contributed by atoms with Gasteiger partial charge in [-0.1, -0.05) is 0 Å². The lowest BCUT2D eigenvalue weighted by atomic mass is 9.85. The zero-order valence-corrected chi connectivity index (χ0v) is 14.1. The molecule has 0 aliphatic heterocycles. The third-order valence-corrected chi connectivity index (χ3v) is 4.79. The van der Waals surface area contributed by atoms with Gasteiger partial charge in [0, 0.05) is 24.4 Å². The predicted molar refractivity (Wildman–Crippen MR) is 93.0 cm³/mol. The van der Waals surface area contributed by atoms with Crippen molar-refractivity contribution in [3.63, 3.8) is 0 Å². The number of aromatic amines is 1. The third kappa shape index (κ3) is 3.02. The van der Waals surface area contributed by atoms with Gasteiger partial charge >= 0.3 is 0 Å².